The average molecular weight is 1010 g/mol. The first-order valence-corrected chi connectivity index (χ1v) is 22.4. The maximum absolute atomic E-state index is 12.3. The Bertz CT molecular complexity index is 2610. The number of unbranched alkanes of at least 4 members (excludes halogenated alkanes) is 1. The van der Waals surface area contributed by atoms with Crippen molar-refractivity contribution in [1.82, 2.24) is 85.2 Å². The highest BCUT2D eigenvalue weighted by Gasteiger charge is 2.21. The van der Waals surface area contributed by atoms with Gasteiger partial charge in [-0.25, -0.2) is 19.7 Å². The van der Waals surface area contributed by atoms with E-state index in [1.54, 1.807) is 64.3 Å². The van der Waals surface area contributed by atoms with E-state index in [2.05, 4.69) is 85.7 Å². The quantitative estimate of drug-likeness (QED) is 0.0753. The Morgan fingerprint density at radius 1 is 0.722 bits per heavy atom. The molecule has 394 valence electrons. The van der Waals surface area contributed by atoms with Crippen LogP contribution in [0.3, 0.4) is 0 Å². The summed E-state index contributed by atoms with van der Waals surface area (Å²) in [6.07, 6.45) is 15.9. The molecule has 24 nitrogen and oxygen atoms in total. The first kappa shape index (κ1) is 62.1. The van der Waals surface area contributed by atoms with E-state index in [4.69, 9.17) is 5.73 Å². The summed E-state index contributed by atoms with van der Waals surface area (Å²) in [7, 11) is 7.33. The van der Waals surface area contributed by atoms with Crippen LogP contribution in [0.4, 0.5) is 14.5 Å². The normalized spacial score (nSPS) is 10.5. The lowest BCUT2D eigenvalue weighted by atomic mass is 10.1. The number of hydrogen-bond donors (Lipinski definition) is 5. The number of fused-ring (bicyclic) bond motifs is 1. The van der Waals surface area contributed by atoms with Gasteiger partial charge in [-0.2, -0.15) is 0 Å². The number of primary amides is 1. The van der Waals surface area contributed by atoms with Gasteiger partial charge in [0.1, 0.15) is 11.9 Å². The lowest BCUT2D eigenvalue weighted by Gasteiger charge is -2.14. The van der Waals surface area contributed by atoms with Crippen molar-refractivity contribution in [3.05, 3.63) is 105 Å². The fourth-order valence-electron chi connectivity index (χ4n) is 5.86. The van der Waals surface area contributed by atoms with Crippen LogP contribution < -0.4 is 21.9 Å². The van der Waals surface area contributed by atoms with Crippen molar-refractivity contribution in [3.63, 3.8) is 0 Å². The van der Waals surface area contributed by atoms with Crippen molar-refractivity contribution in [2.24, 2.45) is 33.9 Å². The maximum atomic E-state index is 12.3. The van der Waals surface area contributed by atoms with Gasteiger partial charge >= 0.3 is 5.97 Å². The number of carboxylic acid groups (broad SMARTS) is 1. The third kappa shape index (κ3) is 23.6. The number of aryl methyl sites for hydroxylation is 9. The van der Waals surface area contributed by atoms with Gasteiger partial charge < -0.3 is 26.5 Å². The third-order valence-corrected chi connectivity index (χ3v) is 9.30. The second-order valence-electron chi connectivity index (χ2n) is 15.6. The van der Waals surface area contributed by atoms with Crippen LogP contribution in [0.2, 0.25) is 0 Å². The Morgan fingerprint density at radius 3 is 1.68 bits per heavy atom. The summed E-state index contributed by atoms with van der Waals surface area (Å²) in [4.78, 5) is 61.6. The predicted octanol–water partition coefficient (Wildman–Crippen LogP) is 4.32. The largest absolute Gasteiger partial charge is 0.480 e. The summed E-state index contributed by atoms with van der Waals surface area (Å²) < 4.78 is 29.9. The van der Waals surface area contributed by atoms with E-state index in [1.807, 2.05) is 26.5 Å². The van der Waals surface area contributed by atoms with Gasteiger partial charge in [-0.05, 0) is 69.7 Å². The van der Waals surface area contributed by atoms with Gasteiger partial charge in [0.25, 0.3) is 11.5 Å². The van der Waals surface area contributed by atoms with E-state index in [-0.39, 0.29) is 69.9 Å². The van der Waals surface area contributed by atoms with E-state index in [0.717, 1.165) is 36.3 Å². The minimum absolute atomic E-state index is 0. The van der Waals surface area contributed by atoms with E-state index < -0.39 is 23.8 Å². The molecule has 0 aliphatic heterocycles. The predicted molar refractivity (Wildman–Crippen MR) is 268 cm³/mol. The standard InChI is InChI=1S/C20H21N7O5.C7H13N3.C6H10FN3.C6H11N3.C5H8FN3.2CH4/c1-10-24-17-16(19(30)25-10)26-13(9-23-17)8-22-12-4-2-11(3-5-12)18(29)27-14(20(31)32)6-7-15(21)28;1-3-4-5-7-6-10(2)9-8-7;1-10-5-6(8-9-10)3-2-4-7;1-3-4-6-5-9(2)8-7-6;1-9-4-5(2-3-6)7-8-9;;/h2-5,9,14,22H,6-8H2,1H3,(H2,21,28)(H,27,29)(H,31,32)(H,23,24,25,30);6H,3-5H2,1-2H3;5H,2-4H2,1H3;5H,3-4H2,1-2H3;4H,2-3H2,1H3;2*1H4/i;;;;6-1;;. The second-order valence-corrected chi connectivity index (χ2v) is 15.6. The topological polar surface area (TPSA) is 316 Å². The van der Waals surface area contributed by atoms with E-state index in [9.17, 15) is 33.1 Å². The number of halogens is 2. The number of nitrogens with zero attached hydrogens (tertiary/aromatic N) is 15. The molecular weight excluding hydrogens is 936 g/mol. The molecule has 1 atom stereocenters. The first-order valence-electron chi connectivity index (χ1n) is 22.4. The molecule has 0 aliphatic rings. The molecule has 0 aliphatic carbocycles. The Kier molecular flexibility index (Phi) is 29.0. The lowest BCUT2D eigenvalue weighted by Crippen LogP contribution is -2.41. The number of aromatic nitrogens is 16. The SMILES string of the molecule is C.C.CCCCc1cn(C)nn1.CCCc1cn(C)nn1.Cc1nc2ncc(CNc3ccc(C(=O)NC(CCC(N)=O)C(=O)O)cc3)nc2c(=O)[nH]1.Cn1cc(CCCF)nn1.Cn1cc(CC[18F])nn1. The Hall–Kier alpha value is -7.93. The summed E-state index contributed by atoms with van der Waals surface area (Å²) in [5.41, 5.74) is 10.3. The van der Waals surface area contributed by atoms with Crippen LogP contribution in [0, 0.1) is 6.92 Å². The molecule has 6 aromatic heterocycles. The number of nitrogens with two attached hydrogens (primary N) is 1. The maximum Gasteiger partial charge on any atom is 0.326 e. The van der Waals surface area contributed by atoms with Gasteiger partial charge in [-0.3, -0.25) is 41.9 Å². The van der Waals surface area contributed by atoms with Crippen LogP contribution >= 0.6 is 0 Å². The van der Waals surface area contributed by atoms with Crippen molar-refractivity contribution >= 4 is 34.6 Å². The molecule has 26 heteroatoms. The number of H-pyrrole nitrogens is 1. The van der Waals surface area contributed by atoms with Crippen molar-refractivity contribution in [3.8, 4) is 0 Å². The summed E-state index contributed by atoms with van der Waals surface area (Å²) in [6.45, 7) is 5.60. The van der Waals surface area contributed by atoms with Crippen LogP contribution in [0.1, 0.15) is 112 Å². The number of rotatable bonds is 19. The highest BCUT2D eigenvalue weighted by Crippen LogP contribution is 2.12. The second kappa shape index (κ2) is 33.6. The molecule has 2 amide bonds. The van der Waals surface area contributed by atoms with E-state index >= 15 is 0 Å². The van der Waals surface area contributed by atoms with Gasteiger partial charge in [0.2, 0.25) is 5.91 Å². The minimum atomic E-state index is -1.25. The van der Waals surface area contributed by atoms with Gasteiger partial charge in [-0.15, -0.1) is 20.4 Å². The molecule has 6 heterocycles. The van der Waals surface area contributed by atoms with E-state index in [1.165, 1.54) is 31.2 Å². The van der Waals surface area contributed by atoms with Crippen LogP contribution in [0.5, 0.6) is 0 Å². The Balaban J connectivity index is 0.000000525. The van der Waals surface area contributed by atoms with E-state index in [0.29, 0.717) is 42.2 Å². The van der Waals surface area contributed by atoms with Crippen molar-refractivity contribution in [1.29, 1.82) is 0 Å². The fraction of sp³-hybridized carbons (Fsp3) is 0.500. The molecule has 1 unspecified atom stereocenters. The number of carbonyl (C=O) groups excluding carboxylic acids is 2. The van der Waals surface area contributed by atoms with Gasteiger partial charge in [0, 0.05) is 77.1 Å². The molecule has 72 heavy (non-hydrogen) atoms. The molecule has 7 rings (SSSR count). The highest BCUT2D eigenvalue weighted by atomic mass is 19.1. The van der Waals surface area contributed by atoms with Crippen molar-refractivity contribution in [2.75, 3.05) is 18.7 Å². The number of aromatic amines is 1. The molecule has 6 N–H and O–H groups in total. The number of nitrogens with one attached hydrogen (secondary N) is 3. The molecule has 0 fully saturated rings. The molecule has 0 saturated heterocycles. The third-order valence-electron chi connectivity index (χ3n) is 9.30. The number of benzene rings is 1. The lowest BCUT2D eigenvalue weighted by molar-refractivity contribution is -0.139. The number of carbonyl (C=O) groups is 3. The first-order chi connectivity index (χ1) is 33.5. The highest BCUT2D eigenvalue weighted by molar-refractivity contribution is 5.97. The summed E-state index contributed by atoms with van der Waals surface area (Å²) in [6, 6.07) is 5.10. The Labute approximate surface area is 417 Å². The Morgan fingerprint density at radius 2 is 1.24 bits per heavy atom. The summed E-state index contributed by atoms with van der Waals surface area (Å²) in [5.74, 6) is -2.03. The number of aliphatic carboxylic acids is 1. The van der Waals surface area contributed by atoms with Gasteiger partial charge in [0.05, 0.1) is 54.6 Å². The van der Waals surface area contributed by atoms with Crippen LogP contribution in [0.25, 0.3) is 11.2 Å². The van der Waals surface area contributed by atoms with Crippen LogP contribution in [-0.2, 0) is 70.0 Å². The number of alkyl halides is 2. The smallest absolute Gasteiger partial charge is 0.326 e. The zero-order chi connectivity index (χ0) is 51.4. The van der Waals surface area contributed by atoms with Gasteiger partial charge in [-0.1, -0.05) is 62.4 Å². The number of hydrogen-bond acceptors (Lipinski definition) is 16. The van der Waals surface area contributed by atoms with Crippen LogP contribution in [-0.4, -0.2) is 122 Å². The zero-order valence-corrected chi connectivity index (χ0v) is 40.6. The van der Waals surface area contributed by atoms with Crippen molar-refractivity contribution < 1.29 is 28.3 Å². The fourth-order valence-corrected chi connectivity index (χ4v) is 5.86. The number of carboxylic acids is 1. The molecule has 0 saturated carbocycles. The van der Waals surface area contributed by atoms with Gasteiger partial charge in [0.15, 0.2) is 11.2 Å². The number of anilines is 1. The minimum Gasteiger partial charge on any atom is -0.480 e. The molecule has 0 spiro atoms. The number of amides is 2. The molecule has 0 radical (unpaired) electrons. The molecular formula is C46H71F2N19O5. The summed E-state index contributed by atoms with van der Waals surface area (Å²) >= 11 is 0. The monoisotopic (exact) mass is 1010 g/mol. The molecule has 0 bridgehead atoms. The van der Waals surface area contributed by atoms with Crippen LogP contribution in [0.15, 0.2) is 60.0 Å². The summed E-state index contributed by atoms with van der Waals surface area (Å²) in [5, 5.41) is 45.0. The zero-order valence-electron chi connectivity index (χ0n) is 40.6. The van der Waals surface area contributed by atoms with Crippen molar-refractivity contribution in [2.45, 2.75) is 112 Å². The average Bonchev–Trinajstić information content (AvgIpc) is 4.16. The molecule has 1 aromatic carbocycles. The molecule has 7 aromatic rings.